The molecule has 0 aromatic heterocycles. The van der Waals surface area contributed by atoms with Gasteiger partial charge in [0.25, 0.3) is 7.82 Å². The van der Waals surface area contributed by atoms with Gasteiger partial charge in [-0.2, -0.15) is 0 Å². The van der Waals surface area contributed by atoms with E-state index in [1.54, 1.807) is 6.08 Å². The molecule has 0 spiro atoms. The highest BCUT2D eigenvalue weighted by atomic mass is 31.2. The molecule has 0 bridgehead atoms. The highest BCUT2D eigenvalue weighted by Gasteiger charge is 2.23. The average Bonchev–Trinajstić information content (AvgIpc) is 3.21. The van der Waals surface area contributed by atoms with Crippen LogP contribution in [0.4, 0.5) is 0 Å². The third-order valence-electron chi connectivity index (χ3n) is 9.74. The minimum absolute atomic E-state index is 0.0108. The second kappa shape index (κ2) is 42.5. The molecule has 0 saturated heterocycles. The van der Waals surface area contributed by atoms with Crippen molar-refractivity contribution in [2.24, 2.45) is 0 Å². The molecule has 9 heteroatoms. The van der Waals surface area contributed by atoms with Gasteiger partial charge in [0, 0.05) is 6.42 Å². The molecule has 348 valence electrons. The molecule has 0 aliphatic rings. The van der Waals surface area contributed by atoms with E-state index in [-0.39, 0.29) is 12.5 Å². The predicted octanol–water partition coefficient (Wildman–Crippen LogP) is 13.1. The second-order valence-corrected chi connectivity index (χ2v) is 18.1. The van der Waals surface area contributed by atoms with Crippen molar-refractivity contribution in [3.8, 4) is 0 Å². The number of quaternary nitrogens is 1. The average molecular weight is 869 g/mol. The van der Waals surface area contributed by atoms with Crippen LogP contribution in [0.1, 0.15) is 162 Å². The van der Waals surface area contributed by atoms with Crippen LogP contribution in [0.15, 0.2) is 109 Å². The Kier molecular flexibility index (Phi) is 40.5. The molecule has 0 aliphatic carbocycles. The first-order valence-electron chi connectivity index (χ1n) is 23.7. The number of aliphatic hydroxyl groups is 1. The number of hydrogen-bond acceptors (Lipinski definition) is 6. The minimum Gasteiger partial charge on any atom is -0.756 e. The summed E-state index contributed by atoms with van der Waals surface area (Å²) in [5.41, 5.74) is 0. The van der Waals surface area contributed by atoms with E-state index in [1.807, 2.05) is 27.2 Å². The van der Waals surface area contributed by atoms with Crippen molar-refractivity contribution in [3.05, 3.63) is 109 Å². The fraction of sp³-hybridized carbons (Fsp3) is 0.635. The Labute approximate surface area is 374 Å². The van der Waals surface area contributed by atoms with E-state index < -0.39 is 26.6 Å². The number of amides is 1. The molecule has 1 amide bonds. The summed E-state index contributed by atoms with van der Waals surface area (Å²) in [5, 5.41) is 13.7. The first-order chi connectivity index (χ1) is 29.5. The lowest BCUT2D eigenvalue weighted by atomic mass is 10.1. The lowest BCUT2D eigenvalue weighted by molar-refractivity contribution is -0.870. The first kappa shape index (κ1) is 58.2. The summed E-state index contributed by atoms with van der Waals surface area (Å²) in [5.74, 6) is -0.222. The molecule has 3 atom stereocenters. The molecular weight excluding hydrogens is 780 g/mol. The lowest BCUT2D eigenvalue weighted by Crippen LogP contribution is -2.45. The number of phosphoric ester groups is 1. The SMILES string of the molecule is CC/C=C\C/C=C\C/C=C\C/C=C\C/C=C\C/C=C\C/C=C\C/C=C\CCCCCCCCC(=O)NC(COP(=O)([O-])OCC[N+](C)(C)C)C(O)/C=C/CCCCCCCC. The Balaban J connectivity index is 4.20. The third kappa shape index (κ3) is 45.0. The molecular formula is C52H89N2O6P. The first-order valence-corrected chi connectivity index (χ1v) is 25.2. The van der Waals surface area contributed by atoms with E-state index in [1.165, 1.54) is 25.7 Å². The van der Waals surface area contributed by atoms with Crippen molar-refractivity contribution in [1.29, 1.82) is 0 Å². The number of carbonyl (C=O) groups excluding carboxylic acids is 1. The Morgan fingerprint density at radius 3 is 1.46 bits per heavy atom. The molecule has 0 heterocycles. The Morgan fingerprint density at radius 1 is 0.590 bits per heavy atom. The summed E-state index contributed by atoms with van der Waals surface area (Å²) in [6, 6.07) is -0.899. The number of rotatable bonds is 41. The molecule has 0 aliphatic heterocycles. The van der Waals surface area contributed by atoms with Gasteiger partial charge in [-0.15, -0.1) is 0 Å². The van der Waals surface area contributed by atoms with Crippen molar-refractivity contribution in [2.45, 2.75) is 174 Å². The Morgan fingerprint density at radius 2 is 1.00 bits per heavy atom. The van der Waals surface area contributed by atoms with Crippen LogP contribution in [-0.2, 0) is 18.4 Å². The molecule has 61 heavy (non-hydrogen) atoms. The van der Waals surface area contributed by atoms with Crippen LogP contribution in [0.3, 0.4) is 0 Å². The number of nitrogens with zero attached hydrogens (tertiary/aromatic N) is 1. The van der Waals surface area contributed by atoms with Gasteiger partial charge >= 0.3 is 0 Å². The van der Waals surface area contributed by atoms with Gasteiger partial charge in [0.15, 0.2) is 0 Å². The monoisotopic (exact) mass is 869 g/mol. The van der Waals surface area contributed by atoms with E-state index in [0.29, 0.717) is 17.4 Å². The molecule has 8 nitrogen and oxygen atoms in total. The van der Waals surface area contributed by atoms with Gasteiger partial charge in [-0.05, 0) is 83.5 Å². The lowest BCUT2D eigenvalue weighted by Gasteiger charge is -2.29. The normalized spacial score (nSPS) is 15.2. The molecule has 0 saturated carbocycles. The zero-order chi connectivity index (χ0) is 45.0. The third-order valence-corrected chi connectivity index (χ3v) is 10.7. The van der Waals surface area contributed by atoms with E-state index >= 15 is 0 Å². The number of allylic oxidation sites excluding steroid dienone is 17. The Hall–Kier alpha value is -2.84. The van der Waals surface area contributed by atoms with Gasteiger partial charge in [-0.1, -0.05) is 181 Å². The van der Waals surface area contributed by atoms with Gasteiger partial charge < -0.3 is 28.8 Å². The van der Waals surface area contributed by atoms with Crippen LogP contribution in [-0.4, -0.2) is 68.5 Å². The zero-order valence-electron chi connectivity index (χ0n) is 39.3. The fourth-order valence-electron chi connectivity index (χ4n) is 5.99. The Bertz CT molecular complexity index is 1350. The highest BCUT2D eigenvalue weighted by molar-refractivity contribution is 7.45. The predicted molar refractivity (Wildman–Crippen MR) is 260 cm³/mol. The van der Waals surface area contributed by atoms with Crippen LogP contribution in [0.25, 0.3) is 0 Å². The van der Waals surface area contributed by atoms with Crippen LogP contribution >= 0.6 is 7.82 Å². The van der Waals surface area contributed by atoms with Gasteiger partial charge in [-0.25, -0.2) is 0 Å². The molecule has 3 unspecified atom stereocenters. The maximum atomic E-state index is 12.8. The summed E-state index contributed by atoms with van der Waals surface area (Å²) in [6.45, 7) is 4.44. The topological polar surface area (TPSA) is 108 Å². The quantitative estimate of drug-likeness (QED) is 0.0274. The summed E-state index contributed by atoms with van der Waals surface area (Å²) >= 11 is 0. The molecule has 2 N–H and O–H groups in total. The fourth-order valence-corrected chi connectivity index (χ4v) is 6.71. The van der Waals surface area contributed by atoms with Gasteiger partial charge in [-0.3, -0.25) is 9.36 Å². The zero-order valence-corrected chi connectivity index (χ0v) is 40.2. The van der Waals surface area contributed by atoms with Gasteiger partial charge in [0.1, 0.15) is 13.2 Å². The largest absolute Gasteiger partial charge is 0.756 e. The van der Waals surface area contributed by atoms with Gasteiger partial charge in [0.2, 0.25) is 5.91 Å². The smallest absolute Gasteiger partial charge is 0.268 e. The van der Waals surface area contributed by atoms with Crippen molar-refractivity contribution >= 4 is 13.7 Å². The number of unbranched alkanes of at least 4 members (excludes halogenated alkanes) is 12. The number of carbonyl (C=O) groups is 1. The van der Waals surface area contributed by atoms with Crippen molar-refractivity contribution in [2.75, 3.05) is 40.9 Å². The summed E-state index contributed by atoms with van der Waals surface area (Å²) in [7, 11) is 1.23. The highest BCUT2D eigenvalue weighted by Crippen LogP contribution is 2.38. The standard InChI is InChI=1S/C52H89N2O6P/c1-6-8-10-12-14-16-17-18-19-20-21-22-23-24-25-26-27-28-29-30-31-32-33-34-35-36-37-38-40-42-44-46-52(56)53-50(49-60-61(57,58)59-48-47-54(3,4)5)51(55)45-43-41-39-15-13-11-9-7-2/h8,10,14,16,18-19,21-22,24-25,27-28,30-31,33-34,43,45,50-51,55H,6-7,9,11-13,15,17,20,23,26,29,32,35-42,44,46-49H2,1-5H3,(H-,53,56,57,58)/b10-8-,16-14-,19-18-,22-21-,25-24-,28-27-,31-30-,34-33-,45-43+. The molecule has 0 rings (SSSR count). The summed E-state index contributed by atoms with van der Waals surface area (Å²) in [6.07, 6.45) is 61.6. The van der Waals surface area contributed by atoms with E-state index in [0.717, 1.165) is 116 Å². The number of aliphatic hydroxyl groups excluding tert-OH is 1. The molecule has 0 fully saturated rings. The van der Waals surface area contributed by atoms with E-state index in [4.69, 9.17) is 9.05 Å². The number of phosphoric acid groups is 1. The maximum absolute atomic E-state index is 12.8. The van der Waals surface area contributed by atoms with Crippen LogP contribution in [0.5, 0.6) is 0 Å². The number of nitrogens with one attached hydrogen (secondary N) is 1. The number of likely N-dealkylation sites (N-methyl/N-ethyl adjacent to an activating group) is 1. The second-order valence-electron chi connectivity index (χ2n) is 16.7. The minimum atomic E-state index is -4.59. The van der Waals surface area contributed by atoms with Crippen molar-refractivity contribution in [1.82, 2.24) is 5.32 Å². The summed E-state index contributed by atoms with van der Waals surface area (Å²) in [4.78, 5) is 25.2. The molecule has 0 aromatic rings. The molecule has 0 aromatic carbocycles. The van der Waals surface area contributed by atoms with E-state index in [2.05, 4.69) is 116 Å². The van der Waals surface area contributed by atoms with Gasteiger partial charge in [0.05, 0.1) is 39.9 Å². The van der Waals surface area contributed by atoms with Crippen LogP contribution in [0, 0.1) is 0 Å². The maximum Gasteiger partial charge on any atom is 0.268 e. The van der Waals surface area contributed by atoms with E-state index in [9.17, 15) is 19.4 Å². The van der Waals surface area contributed by atoms with Crippen molar-refractivity contribution in [3.63, 3.8) is 0 Å². The van der Waals surface area contributed by atoms with Crippen molar-refractivity contribution < 1.29 is 32.9 Å². The van der Waals surface area contributed by atoms with Crippen LogP contribution in [0.2, 0.25) is 0 Å². The van der Waals surface area contributed by atoms with Crippen LogP contribution < -0.4 is 10.2 Å². The summed E-state index contributed by atoms with van der Waals surface area (Å²) < 4.78 is 23.1. The molecule has 0 radical (unpaired) electrons. The number of hydrogen-bond donors (Lipinski definition) is 2.